The SMILES string of the molecule is CCCCCOc1ccc([C@H]2C3=C(C[C@H](c4ccc(F)cc4)CC3=O)Nc3ccccc3N2C(=O)CCCCC)cc1. The Bertz CT molecular complexity index is 1410. The Morgan fingerprint density at radius 2 is 1.57 bits per heavy atom. The van der Waals surface area contributed by atoms with Crippen LogP contribution in [0.4, 0.5) is 15.8 Å². The van der Waals surface area contributed by atoms with Crippen molar-refractivity contribution < 1.29 is 18.7 Å². The van der Waals surface area contributed by atoms with Crippen molar-refractivity contribution >= 4 is 23.1 Å². The number of fused-ring (bicyclic) bond motifs is 1. The van der Waals surface area contributed by atoms with E-state index in [1.165, 1.54) is 12.1 Å². The van der Waals surface area contributed by atoms with Crippen LogP contribution in [-0.4, -0.2) is 18.3 Å². The Labute approximate surface area is 248 Å². The van der Waals surface area contributed by atoms with Crippen LogP contribution >= 0.6 is 0 Å². The maximum atomic E-state index is 14.1. The first-order chi connectivity index (χ1) is 20.5. The number of Topliss-reactive ketones (excluding diaryl/α,β-unsaturated/α-hetero) is 1. The molecule has 0 spiro atoms. The molecule has 220 valence electrons. The van der Waals surface area contributed by atoms with Crippen molar-refractivity contribution in [1.29, 1.82) is 0 Å². The molecular formula is C36H41FN2O3. The molecule has 0 radical (unpaired) electrons. The van der Waals surface area contributed by atoms with E-state index < -0.39 is 6.04 Å². The summed E-state index contributed by atoms with van der Waals surface area (Å²) in [5.74, 6) is 0.413. The van der Waals surface area contributed by atoms with Crippen LogP contribution in [0.3, 0.4) is 0 Å². The summed E-state index contributed by atoms with van der Waals surface area (Å²) < 4.78 is 19.7. The van der Waals surface area contributed by atoms with Gasteiger partial charge in [-0.25, -0.2) is 4.39 Å². The second-order valence-electron chi connectivity index (χ2n) is 11.4. The number of nitrogens with zero attached hydrogens (tertiary/aromatic N) is 1. The van der Waals surface area contributed by atoms with Crippen LogP contribution in [0.1, 0.15) is 94.7 Å². The Morgan fingerprint density at radius 3 is 2.31 bits per heavy atom. The van der Waals surface area contributed by atoms with Crippen molar-refractivity contribution in [2.24, 2.45) is 0 Å². The maximum absolute atomic E-state index is 14.1. The van der Waals surface area contributed by atoms with Gasteiger partial charge in [0.2, 0.25) is 5.91 Å². The predicted octanol–water partition coefficient (Wildman–Crippen LogP) is 8.88. The van der Waals surface area contributed by atoms with Crippen molar-refractivity contribution in [2.75, 3.05) is 16.8 Å². The fraction of sp³-hybridized carbons (Fsp3) is 0.389. The Kier molecular flexibility index (Phi) is 9.73. The molecule has 1 aliphatic heterocycles. The molecule has 0 unspecified atom stereocenters. The van der Waals surface area contributed by atoms with E-state index in [0.29, 0.717) is 31.4 Å². The van der Waals surface area contributed by atoms with Crippen LogP contribution in [0.15, 0.2) is 84.1 Å². The molecule has 1 aliphatic carbocycles. The second-order valence-corrected chi connectivity index (χ2v) is 11.4. The molecule has 2 aliphatic rings. The monoisotopic (exact) mass is 568 g/mol. The molecule has 0 aromatic heterocycles. The molecule has 0 saturated heterocycles. The van der Waals surface area contributed by atoms with Crippen LogP contribution in [0, 0.1) is 5.82 Å². The molecular weight excluding hydrogens is 527 g/mol. The predicted molar refractivity (Wildman–Crippen MR) is 166 cm³/mol. The number of allylic oxidation sites excluding steroid dienone is 1. The number of unbranched alkanes of at least 4 members (excludes halogenated alkanes) is 4. The number of nitrogens with one attached hydrogen (secondary N) is 1. The topological polar surface area (TPSA) is 58.6 Å². The molecule has 42 heavy (non-hydrogen) atoms. The average Bonchev–Trinajstić information content (AvgIpc) is 3.15. The van der Waals surface area contributed by atoms with E-state index in [0.717, 1.165) is 72.5 Å². The van der Waals surface area contributed by atoms with E-state index in [4.69, 9.17) is 4.74 Å². The van der Waals surface area contributed by atoms with Gasteiger partial charge in [-0.15, -0.1) is 0 Å². The highest BCUT2D eigenvalue weighted by atomic mass is 19.1. The summed E-state index contributed by atoms with van der Waals surface area (Å²) in [5, 5.41) is 3.57. The first-order valence-corrected chi connectivity index (χ1v) is 15.4. The minimum absolute atomic E-state index is 0.00197. The zero-order valence-electron chi connectivity index (χ0n) is 24.7. The van der Waals surface area contributed by atoms with Gasteiger partial charge in [-0.1, -0.05) is 75.9 Å². The number of halogens is 1. The van der Waals surface area contributed by atoms with Crippen LogP contribution in [-0.2, 0) is 9.59 Å². The molecule has 3 aromatic carbocycles. The molecule has 2 atom stereocenters. The summed E-state index contributed by atoms with van der Waals surface area (Å²) in [6.45, 7) is 4.95. The fourth-order valence-electron chi connectivity index (χ4n) is 6.09. The van der Waals surface area contributed by atoms with Crippen LogP contribution < -0.4 is 15.0 Å². The Balaban J connectivity index is 1.57. The molecule has 0 bridgehead atoms. The highest BCUT2D eigenvalue weighted by Crippen LogP contribution is 2.47. The first-order valence-electron chi connectivity index (χ1n) is 15.4. The number of carbonyl (C=O) groups is 2. The standard InChI is InChI=1S/C36H41FN2O3/c1-3-5-7-13-34(41)39-32-12-9-8-11-30(32)38-31-23-27(25-14-18-28(37)19-15-25)24-33(40)35(31)36(39)26-16-20-29(21-17-26)42-22-10-6-4-2/h8-9,11-12,14-21,27,36,38H,3-7,10,13,22-24H2,1-2H3/t27-,36-/m0/s1. The zero-order valence-corrected chi connectivity index (χ0v) is 24.7. The molecule has 0 saturated carbocycles. The normalized spacial score (nSPS) is 18.2. The molecule has 1 N–H and O–H groups in total. The van der Waals surface area contributed by atoms with Gasteiger partial charge in [-0.2, -0.15) is 0 Å². The highest BCUT2D eigenvalue weighted by Gasteiger charge is 2.41. The van der Waals surface area contributed by atoms with E-state index in [1.54, 1.807) is 12.1 Å². The number of benzene rings is 3. The summed E-state index contributed by atoms with van der Waals surface area (Å²) in [4.78, 5) is 30.0. The van der Waals surface area contributed by atoms with Crippen molar-refractivity contribution in [3.8, 4) is 5.75 Å². The minimum atomic E-state index is -0.568. The summed E-state index contributed by atoms with van der Waals surface area (Å²) >= 11 is 0. The number of carbonyl (C=O) groups excluding carboxylic acids is 2. The molecule has 3 aromatic rings. The van der Waals surface area contributed by atoms with E-state index >= 15 is 0 Å². The smallest absolute Gasteiger partial charge is 0.227 e. The number of ketones is 1. The summed E-state index contributed by atoms with van der Waals surface area (Å²) in [5.41, 5.74) is 4.83. The number of rotatable bonds is 11. The quantitative estimate of drug-likeness (QED) is 0.235. The van der Waals surface area contributed by atoms with Gasteiger partial charge in [-0.05, 0) is 72.7 Å². The van der Waals surface area contributed by atoms with Crippen LogP contribution in [0.2, 0.25) is 0 Å². The lowest BCUT2D eigenvalue weighted by molar-refractivity contribution is -0.119. The van der Waals surface area contributed by atoms with Gasteiger partial charge < -0.3 is 10.1 Å². The molecule has 5 nitrogen and oxygen atoms in total. The third-order valence-corrected chi connectivity index (χ3v) is 8.31. The molecule has 1 heterocycles. The van der Waals surface area contributed by atoms with Crippen molar-refractivity contribution in [2.45, 2.75) is 83.6 Å². The first kappa shape index (κ1) is 29.6. The van der Waals surface area contributed by atoms with Gasteiger partial charge in [0, 0.05) is 24.1 Å². The number of anilines is 2. The van der Waals surface area contributed by atoms with Gasteiger partial charge in [-0.3, -0.25) is 14.5 Å². The Morgan fingerprint density at radius 1 is 0.881 bits per heavy atom. The van der Waals surface area contributed by atoms with E-state index in [2.05, 4.69) is 19.2 Å². The minimum Gasteiger partial charge on any atom is -0.494 e. The molecule has 1 amide bonds. The Hall–Kier alpha value is -3.93. The third-order valence-electron chi connectivity index (χ3n) is 8.31. The number of amides is 1. The molecule has 6 heteroatoms. The van der Waals surface area contributed by atoms with Gasteiger partial charge >= 0.3 is 0 Å². The van der Waals surface area contributed by atoms with E-state index in [9.17, 15) is 14.0 Å². The van der Waals surface area contributed by atoms with Crippen molar-refractivity contribution in [3.63, 3.8) is 0 Å². The average molecular weight is 569 g/mol. The highest BCUT2D eigenvalue weighted by molar-refractivity contribution is 6.06. The van der Waals surface area contributed by atoms with Gasteiger partial charge in [0.05, 0.1) is 24.0 Å². The third kappa shape index (κ3) is 6.59. The summed E-state index contributed by atoms with van der Waals surface area (Å²) in [7, 11) is 0. The van der Waals surface area contributed by atoms with Gasteiger partial charge in [0.1, 0.15) is 11.6 Å². The molecule has 5 rings (SSSR count). The lowest BCUT2D eigenvalue weighted by Gasteiger charge is -2.35. The van der Waals surface area contributed by atoms with Gasteiger partial charge in [0.15, 0.2) is 5.78 Å². The van der Waals surface area contributed by atoms with Crippen molar-refractivity contribution in [1.82, 2.24) is 0 Å². The van der Waals surface area contributed by atoms with Crippen LogP contribution in [0.5, 0.6) is 5.75 Å². The summed E-state index contributed by atoms with van der Waals surface area (Å²) in [6, 6.07) is 21.5. The van der Waals surface area contributed by atoms with E-state index in [-0.39, 0.29) is 23.4 Å². The van der Waals surface area contributed by atoms with Crippen molar-refractivity contribution in [3.05, 3.63) is 101 Å². The largest absolute Gasteiger partial charge is 0.494 e. The second kappa shape index (κ2) is 13.8. The fourth-order valence-corrected chi connectivity index (χ4v) is 6.09. The molecule has 0 fully saturated rings. The number of para-hydroxylation sites is 2. The lowest BCUT2D eigenvalue weighted by atomic mass is 9.78. The van der Waals surface area contributed by atoms with Gasteiger partial charge in [0.25, 0.3) is 0 Å². The number of hydrogen-bond acceptors (Lipinski definition) is 4. The number of ether oxygens (including phenoxy) is 1. The lowest BCUT2D eigenvalue weighted by Crippen LogP contribution is -2.38. The number of hydrogen-bond donors (Lipinski definition) is 1. The summed E-state index contributed by atoms with van der Waals surface area (Å²) in [6.07, 6.45) is 7.35. The van der Waals surface area contributed by atoms with Crippen LogP contribution in [0.25, 0.3) is 0 Å². The maximum Gasteiger partial charge on any atom is 0.227 e. The zero-order chi connectivity index (χ0) is 29.5. The van der Waals surface area contributed by atoms with E-state index in [1.807, 2.05) is 53.4 Å².